The molecule has 2 aromatic carbocycles. The van der Waals surface area contributed by atoms with Crippen LogP contribution in [0.15, 0.2) is 53.3 Å². The van der Waals surface area contributed by atoms with Crippen LogP contribution in [0.25, 0.3) is 11.2 Å². The van der Waals surface area contributed by atoms with Crippen molar-refractivity contribution in [3.05, 3.63) is 81.7 Å². The lowest BCUT2D eigenvalue weighted by atomic mass is 10.1. The quantitative estimate of drug-likeness (QED) is 0.460. The molecule has 2 heterocycles. The van der Waals surface area contributed by atoms with Gasteiger partial charge >= 0.3 is 0 Å². The number of benzene rings is 2. The second-order valence-electron chi connectivity index (χ2n) is 6.92. The van der Waals surface area contributed by atoms with Crippen molar-refractivity contribution in [2.24, 2.45) is 0 Å². The van der Waals surface area contributed by atoms with Crippen LogP contribution in [0.2, 0.25) is 0 Å². The first-order chi connectivity index (χ1) is 15.0. The zero-order valence-corrected chi connectivity index (χ0v) is 17.4. The Hall–Kier alpha value is -3.53. The van der Waals surface area contributed by atoms with Crippen molar-refractivity contribution in [2.75, 3.05) is 11.1 Å². The summed E-state index contributed by atoms with van der Waals surface area (Å²) in [6.45, 7) is 1.93. The Bertz CT molecular complexity index is 1290. The van der Waals surface area contributed by atoms with E-state index in [9.17, 15) is 14.0 Å². The lowest BCUT2D eigenvalue weighted by Gasteiger charge is -2.08. The van der Waals surface area contributed by atoms with E-state index in [0.29, 0.717) is 23.8 Å². The summed E-state index contributed by atoms with van der Waals surface area (Å²) in [5.41, 5.74) is 2.65. The molecule has 2 aromatic heterocycles. The standard InChI is InChI=1S/C21H19FN6O2S/c1-13-4-2-3-5-16(13)23-18(29)11-31-12-28-20-19(26-27-28)21(30)25-17(24-20)10-14-6-8-15(22)9-7-14/h2-9H,10-12H2,1H3,(H,23,29)(H,24,25,30). The number of carbonyl (C=O) groups excluding carboxylic acids is 1. The molecule has 0 aliphatic carbocycles. The summed E-state index contributed by atoms with van der Waals surface area (Å²) >= 11 is 1.33. The monoisotopic (exact) mass is 438 g/mol. The molecular formula is C21H19FN6O2S. The van der Waals surface area contributed by atoms with E-state index in [4.69, 9.17) is 0 Å². The number of para-hydroxylation sites is 1. The molecule has 0 unspecified atom stereocenters. The summed E-state index contributed by atoms with van der Waals surface area (Å²) in [6, 6.07) is 13.5. The summed E-state index contributed by atoms with van der Waals surface area (Å²) < 4.78 is 14.6. The van der Waals surface area contributed by atoms with E-state index in [1.165, 1.54) is 28.6 Å². The molecule has 0 radical (unpaired) electrons. The number of anilines is 1. The highest BCUT2D eigenvalue weighted by Crippen LogP contribution is 2.15. The van der Waals surface area contributed by atoms with E-state index in [1.807, 2.05) is 31.2 Å². The van der Waals surface area contributed by atoms with Crippen molar-refractivity contribution in [3.8, 4) is 0 Å². The fraction of sp³-hybridized carbons (Fsp3) is 0.190. The van der Waals surface area contributed by atoms with Crippen LogP contribution in [0.3, 0.4) is 0 Å². The maximum atomic E-state index is 13.1. The van der Waals surface area contributed by atoms with Gasteiger partial charge in [0.2, 0.25) is 5.91 Å². The van der Waals surface area contributed by atoms with Crippen LogP contribution < -0.4 is 10.9 Å². The molecule has 1 amide bonds. The molecule has 31 heavy (non-hydrogen) atoms. The number of nitrogens with zero attached hydrogens (tertiary/aromatic N) is 4. The number of aromatic amines is 1. The molecule has 0 saturated heterocycles. The van der Waals surface area contributed by atoms with Gasteiger partial charge in [-0.05, 0) is 36.2 Å². The second-order valence-corrected chi connectivity index (χ2v) is 7.87. The van der Waals surface area contributed by atoms with E-state index in [0.717, 1.165) is 16.8 Å². The van der Waals surface area contributed by atoms with Crippen LogP contribution in [0, 0.1) is 12.7 Å². The molecule has 4 aromatic rings. The molecule has 0 bridgehead atoms. The molecule has 0 spiro atoms. The Balaban J connectivity index is 1.43. The van der Waals surface area contributed by atoms with Crippen molar-refractivity contribution >= 4 is 34.5 Å². The molecule has 8 nitrogen and oxygen atoms in total. The molecule has 0 fully saturated rings. The number of aromatic nitrogens is 5. The van der Waals surface area contributed by atoms with Crippen LogP contribution in [-0.2, 0) is 17.1 Å². The first-order valence-electron chi connectivity index (χ1n) is 9.49. The number of rotatable bonds is 7. The van der Waals surface area contributed by atoms with Crippen molar-refractivity contribution in [1.82, 2.24) is 25.0 Å². The molecule has 0 saturated carbocycles. The van der Waals surface area contributed by atoms with E-state index in [1.54, 1.807) is 12.1 Å². The average Bonchev–Trinajstić information content (AvgIpc) is 3.15. The molecule has 2 N–H and O–H groups in total. The number of hydrogen-bond donors (Lipinski definition) is 2. The largest absolute Gasteiger partial charge is 0.325 e. The number of nitrogens with one attached hydrogen (secondary N) is 2. The molecule has 0 aliphatic rings. The smallest absolute Gasteiger partial charge is 0.281 e. The van der Waals surface area contributed by atoms with E-state index in [-0.39, 0.29) is 23.0 Å². The summed E-state index contributed by atoms with van der Waals surface area (Å²) in [7, 11) is 0. The van der Waals surface area contributed by atoms with Crippen LogP contribution in [0.5, 0.6) is 0 Å². The molecule has 4 rings (SSSR count). The van der Waals surface area contributed by atoms with Gasteiger partial charge in [-0.2, -0.15) is 0 Å². The highest BCUT2D eigenvalue weighted by atomic mass is 32.2. The summed E-state index contributed by atoms with van der Waals surface area (Å²) in [5.74, 6) is 0.485. The third-order valence-electron chi connectivity index (χ3n) is 4.57. The lowest BCUT2D eigenvalue weighted by molar-refractivity contribution is -0.113. The van der Waals surface area contributed by atoms with Gasteiger partial charge in [0.15, 0.2) is 11.2 Å². The van der Waals surface area contributed by atoms with Crippen molar-refractivity contribution < 1.29 is 9.18 Å². The molecule has 10 heteroatoms. The number of carbonyl (C=O) groups is 1. The number of H-pyrrole nitrogens is 1. The summed E-state index contributed by atoms with van der Waals surface area (Å²) in [4.78, 5) is 31.7. The minimum atomic E-state index is -0.393. The molecule has 0 atom stereocenters. The van der Waals surface area contributed by atoms with E-state index < -0.39 is 5.56 Å². The Morgan fingerprint density at radius 1 is 1.19 bits per heavy atom. The van der Waals surface area contributed by atoms with E-state index in [2.05, 4.69) is 25.6 Å². The zero-order valence-electron chi connectivity index (χ0n) is 16.6. The average molecular weight is 438 g/mol. The van der Waals surface area contributed by atoms with Gasteiger partial charge < -0.3 is 10.3 Å². The van der Waals surface area contributed by atoms with Gasteiger partial charge in [0.05, 0.1) is 11.6 Å². The van der Waals surface area contributed by atoms with Crippen LogP contribution in [0.1, 0.15) is 17.0 Å². The highest BCUT2D eigenvalue weighted by Gasteiger charge is 2.13. The SMILES string of the molecule is Cc1ccccc1NC(=O)CSCn1nnc2c(=O)[nH]c(Cc3ccc(F)cc3)nc21. The first-order valence-corrected chi connectivity index (χ1v) is 10.6. The maximum Gasteiger partial charge on any atom is 0.281 e. The number of hydrogen-bond acceptors (Lipinski definition) is 6. The van der Waals surface area contributed by atoms with Crippen LogP contribution >= 0.6 is 11.8 Å². The topological polar surface area (TPSA) is 106 Å². The number of aryl methyl sites for hydroxylation is 1. The number of amides is 1. The predicted octanol–water partition coefficient (Wildman–Crippen LogP) is 2.88. The predicted molar refractivity (Wildman–Crippen MR) is 117 cm³/mol. The van der Waals surface area contributed by atoms with Gasteiger partial charge in [-0.15, -0.1) is 16.9 Å². The summed E-state index contributed by atoms with van der Waals surface area (Å²) in [6.07, 6.45) is 0.336. The van der Waals surface area contributed by atoms with Gasteiger partial charge in [0.25, 0.3) is 5.56 Å². The Morgan fingerprint density at radius 3 is 2.74 bits per heavy atom. The lowest BCUT2D eigenvalue weighted by Crippen LogP contribution is -2.16. The second kappa shape index (κ2) is 9.09. The maximum absolute atomic E-state index is 13.1. The number of fused-ring (bicyclic) bond motifs is 1. The number of halogens is 1. The van der Waals surface area contributed by atoms with Crippen LogP contribution in [0.4, 0.5) is 10.1 Å². The normalized spacial score (nSPS) is 11.0. The zero-order chi connectivity index (χ0) is 21.8. The van der Waals surface area contributed by atoms with Gasteiger partial charge in [0.1, 0.15) is 11.6 Å². The molecule has 158 valence electrons. The fourth-order valence-electron chi connectivity index (χ4n) is 3.00. The minimum absolute atomic E-state index is 0.132. The van der Waals surface area contributed by atoms with Gasteiger partial charge in [-0.1, -0.05) is 35.5 Å². The summed E-state index contributed by atoms with van der Waals surface area (Å²) in [5, 5.41) is 10.8. The fourth-order valence-corrected chi connectivity index (χ4v) is 3.70. The van der Waals surface area contributed by atoms with Crippen molar-refractivity contribution in [1.29, 1.82) is 0 Å². The Kier molecular flexibility index (Phi) is 6.08. The highest BCUT2D eigenvalue weighted by molar-refractivity contribution is 7.99. The van der Waals surface area contributed by atoms with Crippen molar-refractivity contribution in [3.63, 3.8) is 0 Å². The third kappa shape index (κ3) is 4.97. The van der Waals surface area contributed by atoms with Crippen LogP contribution in [-0.4, -0.2) is 36.6 Å². The molecular weight excluding hydrogens is 419 g/mol. The van der Waals surface area contributed by atoms with Gasteiger partial charge in [0, 0.05) is 12.1 Å². The molecule has 0 aliphatic heterocycles. The minimum Gasteiger partial charge on any atom is -0.325 e. The Morgan fingerprint density at radius 2 is 1.97 bits per heavy atom. The van der Waals surface area contributed by atoms with E-state index >= 15 is 0 Å². The number of thioether (sulfide) groups is 1. The van der Waals surface area contributed by atoms with Gasteiger partial charge in [-0.3, -0.25) is 9.59 Å². The van der Waals surface area contributed by atoms with Gasteiger partial charge in [-0.25, -0.2) is 14.1 Å². The van der Waals surface area contributed by atoms with Crippen molar-refractivity contribution in [2.45, 2.75) is 19.2 Å². The first kappa shape index (κ1) is 20.7. The third-order valence-corrected chi connectivity index (χ3v) is 5.47. The Labute approximate surface area is 180 Å².